The fourth-order valence-corrected chi connectivity index (χ4v) is 1.68. The molecular formula is C11H19NO2. The summed E-state index contributed by atoms with van der Waals surface area (Å²) in [5.41, 5.74) is 6.64. The fraction of sp³-hybridized carbons (Fsp3) is 0.636. The van der Waals surface area contributed by atoms with Gasteiger partial charge in [0.25, 0.3) is 0 Å². The van der Waals surface area contributed by atoms with Gasteiger partial charge in [-0.3, -0.25) is 0 Å². The third kappa shape index (κ3) is 2.86. The van der Waals surface area contributed by atoms with Crippen molar-refractivity contribution in [1.29, 1.82) is 0 Å². The lowest BCUT2D eigenvalue weighted by Crippen LogP contribution is -2.33. The first-order valence-electron chi connectivity index (χ1n) is 5.04. The van der Waals surface area contributed by atoms with Crippen LogP contribution in [-0.2, 0) is 6.42 Å². The van der Waals surface area contributed by atoms with Gasteiger partial charge in [0.15, 0.2) is 0 Å². The molecule has 0 saturated carbocycles. The molecule has 3 N–H and O–H groups in total. The average molecular weight is 197 g/mol. The Morgan fingerprint density at radius 3 is 2.64 bits per heavy atom. The maximum Gasteiger partial charge on any atom is 0.0935 e. The number of hydrogen-bond donors (Lipinski definition) is 2. The molecule has 0 saturated heterocycles. The van der Waals surface area contributed by atoms with Crippen LogP contribution in [-0.4, -0.2) is 17.8 Å². The van der Waals surface area contributed by atoms with Gasteiger partial charge in [0, 0.05) is 6.42 Å². The van der Waals surface area contributed by atoms with Crippen LogP contribution in [0.2, 0.25) is 0 Å². The highest BCUT2D eigenvalue weighted by molar-refractivity contribution is 5.07. The summed E-state index contributed by atoms with van der Waals surface area (Å²) >= 11 is 0. The van der Waals surface area contributed by atoms with Crippen molar-refractivity contribution >= 4 is 0 Å². The molecular weight excluding hydrogens is 178 g/mol. The monoisotopic (exact) mass is 197 g/mol. The summed E-state index contributed by atoms with van der Waals surface area (Å²) in [6, 6.07) is 1.87. The Bertz CT molecular complexity index is 244. The molecule has 0 aromatic carbocycles. The summed E-state index contributed by atoms with van der Waals surface area (Å²) in [7, 11) is 0. The van der Waals surface area contributed by atoms with Crippen molar-refractivity contribution in [2.24, 2.45) is 17.6 Å². The molecule has 1 aromatic heterocycles. The molecule has 2 unspecified atom stereocenters. The summed E-state index contributed by atoms with van der Waals surface area (Å²) < 4.78 is 4.95. The maximum absolute atomic E-state index is 9.93. The van der Waals surface area contributed by atoms with Gasteiger partial charge in [0.1, 0.15) is 0 Å². The minimum atomic E-state index is -0.377. The van der Waals surface area contributed by atoms with Crippen LogP contribution in [0.3, 0.4) is 0 Å². The van der Waals surface area contributed by atoms with Crippen molar-refractivity contribution in [3.63, 3.8) is 0 Å². The van der Waals surface area contributed by atoms with Crippen LogP contribution >= 0.6 is 0 Å². The summed E-state index contributed by atoms with van der Waals surface area (Å²) in [5.74, 6) is 0.562. The Morgan fingerprint density at radius 2 is 2.21 bits per heavy atom. The molecule has 3 nitrogen and oxygen atoms in total. The number of furan rings is 1. The summed E-state index contributed by atoms with van der Waals surface area (Å²) in [4.78, 5) is 0. The smallest absolute Gasteiger partial charge is 0.0935 e. The molecule has 1 heterocycles. The van der Waals surface area contributed by atoms with E-state index in [-0.39, 0.29) is 12.0 Å². The average Bonchev–Trinajstić information content (AvgIpc) is 2.57. The van der Waals surface area contributed by atoms with Crippen molar-refractivity contribution < 1.29 is 9.52 Å². The van der Waals surface area contributed by atoms with Crippen molar-refractivity contribution in [1.82, 2.24) is 0 Å². The van der Waals surface area contributed by atoms with E-state index in [0.29, 0.717) is 18.9 Å². The Balaban J connectivity index is 2.51. The van der Waals surface area contributed by atoms with Crippen molar-refractivity contribution in [2.45, 2.75) is 26.4 Å². The zero-order chi connectivity index (χ0) is 10.6. The minimum Gasteiger partial charge on any atom is -0.472 e. The standard InChI is InChI=1S/C11H19NO2/c1-8(2)10(6-12)11(13)5-9-3-4-14-7-9/h3-4,7-8,10-11,13H,5-6,12H2,1-2H3. The highest BCUT2D eigenvalue weighted by atomic mass is 16.3. The van der Waals surface area contributed by atoms with Crippen LogP contribution in [0.4, 0.5) is 0 Å². The minimum absolute atomic E-state index is 0.157. The van der Waals surface area contributed by atoms with E-state index < -0.39 is 0 Å². The second kappa shape index (κ2) is 5.17. The Kier molecular flexibility index (Phi) is 4.17. The second-order valence-electron chi connectivity index (χ2n) is 4.05. The van der Waals surface area contributed by atoms with E-state index in [0.717, 1.165) is 5.56 Å². The first kappa shape index (κ1) is 11.3. The van der Waals surface area contributed by atoms with Crippen LogP contribution in [0.15, 0.2) is 23.0 Å². The van der Waals surface area contributed by atoms with Crippen LogP contribution in [0, 0.1) is 11.8 Å². The topological polar surface area (TPSA) is 59.4 Å². The van der Waals surface area contributed by atoms with Gasteiger partial charge in [-0.1, -0.05) is 13.8 Å². The molecule has 80 valence electrons. The summed E-state index contributed by atoms with van der Waals surface area (Å²) in [6.07, 6.45) is 3.53. The molecule has 1 rings (SSSR count). The Hall–Kier alpha value is -0.800. The highest BCUT2D eigenvalue weighted by Crippen LogP contribution is 2.17. The molecule has 0 amide bonds. The fourth-order valence-electron chi connectivity index (χ4n) is 1.68. The highest BCUT2D eigenvalue weighted by Gasteiger charge is 2.21. The van der Waals surface area contributed by atoms with E-state index in [1.54, 1.807) is 12.5 Å². The lowest BCUT2D eigenvalue weighted by molar-refractivity contribution is 0.0862. The third-order valence-electron chi connectivity index (χ3n) is 2.65. The number of hydrogen-bond acceptors (Lipinski definition) is 3. The number of aliphatic hydroxyl groups excluding tert-OH is 1. The molecule has 1 aromatic rings. The van der Waals surface area contributed by atoms with Gasteiger partial charge in [-0.05, 0) is 30.0 Å². The van der Waals surface area contributed by atoms with E-state index >= 15 is 0 Å². The van der Waals surface area contributed by atoms with Crippen LogP contribution in [0.1, 0.15) is 19.4 Å². The molecule has 14 heavy (non-hydrogen) atoms. The van der Waals surface area contributed by atoms with Gasteiger partial charge >= 0.3 is 0 Å². The van der Waals surface area contributed by atoms with E-state index in [1.165, 1.54) is 0 Å². The molecule has 0 aliphatic carbocycles. The maximum atomic E-state index is 9.93. The summed E-state index contributed by atoms with van der Waals surface area (Å²) in [5, 5.41) is 9.93. The van der Waals surface area contributed by atoms with Crippen LogP contribution in [0.25, 0.3) is 0 Å². The Labute approximate surface area is 84.9 Å². The third-order valence-corrected chi connectivity index (χ3v) is 2.65. The van der Waals surface area contributed by atoms with E-state index in [1.807, 2.05) is 6.07 Å². The molecule has 3 heteroatoms. The van der Waals surface area contributed by atoms with Crippen LogP contribution < -0.4 is 5.73 Å². The molecule has 2 atom stereocenters. The zero-order valence-electron chi connectivity index (χ0n) is 8.81. The molecule has 0 aliphatic rings. The van der Waals surface area contributed by atoms with Gasteiger partial charge in [-0.15, -0.1) is 0 Å². The molecule has 0 radical (unpaired) electrons. The van der Waals surface area contributed by atoms with Crippen molar-refractivity contribution in [2.75, 3.05) is 6.54 Å². The van der Waals surface area contributed by atoms with Crippen molar-refractivity contribution in [3.8, 4) is 0 Å². The quantitative estimate of drug-likeness (QED) is 0.750. The molecule has 0 fully saturated rings. The largest absolute Gasteiger partial charge is 0.472 e. The van der Waals surface area contributed by atoms with Crippen molar-refractivity contribution in [3.05, 3.63) is 24.2 Å². The number of rotatable bonds is 5. The van der Waals surface area contributed by atoms with Gasteiger partial charge in [-0.2, -0.15) is 0 Å². The second-order valence-corrected chi connectivity index (χ2v) is 4.05. The first-order valence-corrected chi connectivity index (χ1v) is 5.04. The van der Waals surface area contributed by atoms with Gasteiger partial charge < -0.3 is 15.3 Å². The number of nitrogens with two attached hydrogens (primary N) is 1. The normalized spacial score (nSPS) is 15.8. The summed E-state index contributed by atoms with van der Waals surface area (Å²) in [6.45, 7) is 4.68. The van der Waals surface area contributed by atoms with E-state index in [9.17, 15) is 5.11 Å². The SMILES string of the molecule is CC(C)C(CN)C(O)Cc1ccoc1. The molecule has 0 bridgehead atoms. The Morgan fingerprint density at radius 1 is 1.50 bits per heavy atom. The van der Waals surface area contributed by atoms with Crippen LogP contribution in [0.5, 0.6) is 0 Å². The van der Waals surface area contributed by atoms with Gasteiger partial charge in [0.2, 0.25) is 0 Å². The van der Waals surface area contributed by atoms with Gasteiger partial charge in [0.05, 0.1) is 18.6 Å². The predicted molar refractivity (Wildman–Crippen MR) is 55.8 cm³/mol. The van der Waals surface area contributed by atoms with E-state index in [2.05, 4.69) is 13.8 Å². The lowest BCUT2D eigenvalue weighted by Gasteiger charge is -2.24. The predicted octanol–water partition coefficient (Wildman–Crippen LogP) is 1.41. The first-order chi connectivity index (χ1) is 6.65. The zero-order valence-corrected chi connectivity index (χ0v) is 8.81. The van der Waals surface area contributed by atoms with Gasteiger partial charge in [-0.25, -0.2) is 0 Å². The molecule has 0 aliphatic heterocycles. The lowest BCUT2D eigenvalue weighted by atomic mass is 9.87. The van der Waals surface area contributed by atoms with E-state index in [4.69, 9.17) is 10.2 Å². The number of aliphatic hydroxyl groups is 1. The molecule has 0 spiro atoms.